The second-order valence-corrected chi connectivity index (χ2v) is 12.7. The standard InChI is InChI=1S/C38H40Cl2FNO.ClH/c1-28-35-27-37(40)36(39)26-30(35)21-25-42(28)24-9-23-38(31-10-4-2-5-11-31,32-12-6-3-7-13-32)22-8-14-34(43)20-17-29-15-18-33(41)19-16-29;/h2-7,10-13,15-16,18-19,26-28H,8-9,14,17,20-25H2,1H3;1H. The van der Waals surface area contributed by atoms with Crippen LogP contribution >= 0.6 is 35.6 Å². The van der Waals surface area contributed by atoms with Gasteiger partial charge in [-0.15, -0.1) is 12.4 Å². The van der Waals surface area contributed by atoms with E-state index in [1.54, 1.807) is 12.1 Å². The van der Waals surface area contributed by atoms with Crippen LogP contribution in [0.3, 0.4) is 0 Å². The fourth-order valence-corrected chi connectivity index (χ4v) is 7.14. The first-order valence-corrected chi connectivity index (χ1v) is 16.2. The lowest BCUT2D eigenvalue weighted by Crippen LogP contribution is -2.36. The monoisotopic (exact) mass is 651 g/mol. The van der Waals surface area contributed by atoms with Gasteiger partial charge in [-0.05, 0) is 104 Å². The summed E-state index contributed by atoms with van der Waals surface area (Å²) in [6.07, 6.45) is 6.39. The minimum Gasteiger partial charge on any atom is -0.300 e. The van der Waals surface area contributed by atoms with E-state index in [-0.39, 0.29) is 35.5 Å². The first kappa shape index (κ1) is 34.2. The molecule has 0 saturated carbocycles. The minimum absolute atomic E-state index is 0. The van der Waals surface area contributed by atoms with Gasteiger partial charge in [0.25, 0.3) is 0 Å². The summed E-state index contributed by atoms with van der Waals surface area (Å²) in [5, 5.41) is 1.25. The van der Waals surface area contributed by atoms with Crippen molar-refractivity contribution in [3.8, 4) is 0 Å². The van der Waals surface area contributed by atoms with Crippen LogP contribution in [0.25, 0.3) is 0 Å². The summed E-state index contributed by atoms with van der Waals surface area (Å²) in [5.74, 6) is 0.0148. The Balaban J connectivity index is 0.00000442. The molecule has 1 aliphatic rings. The van der Waals surface area contributed by atoms with Crippen molar-refractivity contribution in [2.75, 3.05) is 13.1 Å². The van der Waals surface area contributed by atoms with Crippen LogP contribution in [-0.2, 0) is 23.1 Å². The van der Waals surface area contributed by atoms with Gasteiger partial charge in [0, 0.05) is 30.8 Å². The SMILES string of the molecule is CC1c2cc(Cl)c(Cl)cc2CCN1CCCC(CCCC(=O)CCc1ccc(F)cc1)(c1ccccc1)c1ccccc1.Cl. The van der Waals surface area contributed by atoms with Gasteiger partial charge in [0.05, 0.1) is 10.0 Å². The van der Waals surface area contributed by atoms with Gasteiger partial charge in [-0.2, -0.15) is 0 Å². The van der Waals surface area contributed by atoms with Crippen molar-refractivity contribution >= 4 is 41.4 Å². The van der Waals surface area contributed by atoms with Crippen LogP contribution in [-0.4, -0.2) is 23.8 Å². The number of halogens is 4. The summed E-state index contributed by atoms with van der Waals surface area (Å²) >= 11 is 12.7. The van der Waals surface area contributed by atoms with Gasteiger partial charge in [0.2, 0.25) is 0 Å². The number of carbonyl (C=O) groups is 1. The van der Waals surface area contributed by atoms with Crippen LogP contribution < -0.4 is 0 Å². The molecule has 6 heteroatoms. The van der Waals surface area contributed by atoms with Crippen molar-refractivity contribution in [2.45, 2.75) is 69.7 Å². The molecule has 1 unspecified atom stereocenters. The molecule has 0 saturated heterocycles. The largest absolute Gasteiger partial charge is 0.300 e. The molecule has 0 radical (unpaired) electrons. The van der Waals surface area contributed by atoms with E-state index >= 15 is 0 Å². The fraction of sp³-hybridized carbons (Fsp3) is 0.342. The van der Waals surface area contributed by atoms with Crippen LogP contribution in [0.2, 0.25) is 10.0 Å². The van der Waals surface area contributed by atoms with E-state index < -0.39 is 0 Å². The Morgan fingerprint density at radius 3 is 2.07 bits per heavy atom. The molecule has 0 bridgehead atoms. The summed E-state index contributed by atoms with van der Waals surface area (Å²) in [5.41, 5.74) is 5.99. The Morgan fingerprint density at radius 2 is 1.43 bits per heavy atom. The summed E-state index contributed by atoms with van der Waals surface area (Å²) in [4.78, 5) is 15.5. The predicted octanol–water partition coefficient (Wildman–Crippen LogP) is 10.6. The zero-order valence-corrected chi connectivity index (χ0v) is 27.6. The third-order valence-electron chi connectivity index (χ3n) is 9.21. The highest BCUT2D eigenvalue weighted by Crippen LogP contribution is 2.42. The third-order valence-corrected chi connectivity index (χ3v) is 9.94. The zero-order valence-electron chi connectivity index (χ0n) is 25.3. The molecular weight excluding hydrogens is 612 g/mol. The molecule has 1 aliphatic heterocycles. The van der Waals surface area contributed by atoms with Crippen molar-refractivity contribution in [1.29, 1.82) is 0 Å². The normalized spacial score (nSPS) is 15.0. The van der Waals surface area contributed by atoms with Crippen LogP contribution in [0.4, 0.5) is 4.39 Å². The van der Waals surface area contributed by atoms with Gasteiger partial charge in [-0.1, -0.05) is 96.0 Å². The molecular formula is C38H41Cl3FNO. The molecule has 2 nitrogen and oxygen atoms in total. The highest BCUT2D eigenvalue weighted by molar-refractivity contribution is 6.42. The molecule has 232 valence electrons. The highest BCUT2D eigenvalue weighted by atomic mass is 35.5. The maximum atomic E-state index is 13.3. The predicted molar refractivity (Wildman–Crippen MR) is 184 cm³/mol. The molecule has 0 fully saturated rings. The molecule has 0 aliphatic carbocycles. The van der Waals surface area contributed by atoms with Gasteiger partial charge in [-0.3, -0.25) is 9.69 Å². The summed E-state index contributed by atoms with van der Waals surface area (Å²) < 4.78 is 13.3. The second-order valence-electron chi connectivity index (χ2n) is 11.9. The molecule has 44 heavy (non-hydrogen) atoms. The molecule has 0 N–H and O–H groups in total. The molecule has 0 amide bonds. The Kier molecular flexibility index (Phi) is 12.5. The number of ketones is 1. The second kappa shape index (κ2) is 16.0. The Morgan fingerprint density at radius 1 is 0.841 bits per heavy atom. The lowest BCUT2D eigenvalue weighted by atomic mass is 9.68. The van der Waals surface area contributed by atoms with Crippen molar-refractivity contribution in [1.82, 2.24) is 4.90 Å². The van der Waals surface area contributed by atoms with E-state index in [1.807, 2.05) is 12.1 Å². The third kappa shape index (κ3) is 8.31. The summed E-state index contributed by atoms with van der Waals surface area (Å²) in [6.45, 7) is 4.25. The van der Waals surface area contributed by atoms with Crippen molar-refractivity contribution in [3.05, 3.63) is 141 Å². The number of Topliss-reactive ketones (excluding diaryl/α,β-unsaturated/α-hetero) is 1. The Labute approximate surface area is 278 Å². The molecule has 0 spiro atoms. The van der Waals surface area contributed by atoms with Crippen LogP contribution in [0, 0.1) is 5.82 Å². The number of carbonyl (C=O) groups excluding carboxylic acids is 1. The molecule has 4 aromatic rings. The first-order chi connectivity index (χ1) is 20.9. The smallest absolute Gasteiger partial charge is 0.133 e. The molecule has 0 aromatic heterocycles. The summed E-state index contributed by atoms with van der Waals surface area (Å²) in [7, 11) is 0. The number of fused-ring (bicyclic) bond motifs is 1. The number of nitrogens with zero attached hydrogens (tertiary/aromatic N) is 1. The van der Waals surface area contributed by atoms with E-state index in [4.69, 9.17) is 23.2 Å². The minimum atomic E-state index is -0.248. The van der Waals surface area contributed by atoms with Gasteiger partial charge >= 0.3 is 0 Å². The van der Waals surface area contributed by atoms with Gasteiger partial charge in [-0.25, -0.2) is 4.39 Å². The maximum Gasteiger partial charge on any atom is 0.133 e. The van der Waals surface area contributed by atoms with E-state index in [1.165, 1.54) is 34.4 Å². The van der Waals surface area contributed by atoms with Gasteiger partial charge in [0.1, 0.15) is 11.6 Å². The average Bonchev–Trinajstić information content (AvgIpc) is 3.03. The zero-order chi connectivity index (χ0) is 30.2. The van der Waals surface area contributed by atoms with Crippen molar-refractivity contribution < 1.29 is 9.18 Å². The number of hydrogen-bond acceptors (Lipinski definition) is 2. The maximum absolute atomic E-state index is 13.3. The topological polar surface area (TPSA) is 20.3 Å². The van der Waals surface area contributed by atoms with Crippen LogP contribution in [0.5, 0.6) is 0 Å². The Bertz CT molecular complexity index is 1450. The van der Waals surface area contributed by atoms with Gasteiger partial charge < -0.3 is 0 Å². The number of rotatable bonds is 13. The average molecular weight is 653 g/mol. The molecule has 1 heterocycles. The highest BCUT2D eigenvalue weighted by Gasteiger charge is 2.34. The van der Waals surface area contributed by atoms with E-state index in [0.717, 1.165) is 50.8 Å². The van der Waals surface area contributed by atoms with Crippen LogP contribution in [0.1, 0.15) is 79.3 Å². The lowest BCUT2D eigenvalue weighted by Gasteiger charge is -2.39. The summed E-state index contributed by atoms with van der Waals surface area (Å²) in [6, 6.07) is 32.4. The van der Waals surface area contributed by atoms with E-state index in [0.29, 0.717) is 29.3 Å². The number of aryl methyl sites for hydroxylation is 1. The first-order valence-electron chi connectivity index (χ1n) is 15.4. The van der Waals surface area contributed by atoms with Gasteiger partial charge in [0.15, 0.2) is 0 Å². The Hall–Kier alpha value is -2.69. The van der Waals surface area contributed by atoms with Crippen LogP contribution in [0.15, 0.2) is 97.1 Å². The number of hydrogen-bond donors (Lipinski definition) is 0. The van der Waals surface area contributed by atoms with Crippen molar-refractivity contribution in [3.63, 3.8) is 0 Å². The molecule has 4 aromatic carbocycles. The fourth-order valence-electron chi connectivity index (χ4n) is 6.78. The lowest BCUT2D eigenvalue weighted by molar-refractivity contribution is -0.119. The van der Waals surface area contributed by atoms with Crippen molar-refractivity contribution in [2.24, 2.45) is 0 Å². The quantitative estimate of drug-likeness (QED) is 0.143. The molecule has 1 atom stereocenters. The van der Waals surface area contributed by atoms with E-state index in [9.17, 15) is 9.18 Å². The van der Waals surface area contributed by atoms with E-state index in [2.05, 4.69) is 72.5 Å². The molecule has 5 rings (SSSR count). The number of benzene rings is 4.